The molecule has 6 heteroatoms. The van der Waals surface area contributed by atoms with Crippen molar-refractivity contribution in [2.45, 2.75) is 57.8 Å². The van der Waals surface area contributed by atoms with Gasteiger partial charge in [-0.25, -0.2) is 0 Å². The molecule has 0 aromatic heterocycles. The van der Waals surface area contributed by atoms with Gasteiger partial charge in [-0.3, -0.25) is 0 Å². The van der Waals surface area contributed by atoms with Gasteiger partial charge < -0.3 is 0 Å². The van der Waals surface area contributed by atoms with E-state index in [0.717, 1.165) is 25.7 Å². The maximum Gasteiger partial charge on any atom is 0.0257 e. The van der Waals surface area contributed by atoms with Gasteiger partial charge in [0.2, 0.25) is 0 Å². The highest BCUT2D eigenvalue weighted by Gasteiger charge is 1.92. The zero-order valence-electron chi connectivity index (χ0n) is 10.5. The van der Waals surface area contributed by atoms with E-state index in [1.54, 1.807) is 0 Å². The average molecular weight is 238 g/mol. The molecule has 0 heterocycles. The summed E-state index contributed by atoms with van der Waals surface area (Å²) in [7, 11) is 0. The van der Waals surface area contributed by atoms with E-state index in [-0.39, 0.29) is 0 Å². The van der Waals surface area contributed by atoms with E-state index >= 15 is 0 Å². The molecule has 0 aromatic rings. The molecule has 0 spiro atoms. The molecule has 96 valence electrons. The van der Waals surface area contributed by atoms with E-state index in [9.17, 15) is 0 Å². The van der Waals surface area contributed by atoms with Gasteiger partial charge in [0.1, 0.15) is 0 Å². The highest BCUT2D eigenvalue weighted by molar-refractivity contribution is 4.51. The first-order chi connectivity index (χ1) is 8.41. The Bertz CT molecular complexity index is 227. The molecule has 0 atom stereocenters. The van der Waals surface area contributed by atoms with Crippen LogP contribution in [0.15, 0.2) is 10.2 Å². The Balaban J connectivity index is 2.98. The summed E-state index contributed by atoms with van der Waals surface area (Å²) < 4.78 is 0. The van der Waals surface area contributed by atoms with Crippen molar-refractivity contribution in [2.75, 3.05) is 13.1 Å². The van der Waals surface area contributed by atoms with Crippen molar-refractivity contribution in [3.63, 3.8) is 0 Å². The molecule has 0 amide bonds. The highest BCUT2D eigenvalue weighted by atomic mass is 15.1. The van der Waals surface area contributed by atoms with Crippen molar-refractivity contribution < 1.29 is 0 Å². The maximum absolute atomic E-state index is 8.08. The van der Waals surface area contributed by atoms with Crippen LogP contribution < -0.4 is 0 Å². The van der Waals surface area contributed by atoms with E-state index in [1.165, 1.54) is 32.1 Å². The number of nitrogens with zero attached hydrogens (tertiary/aromatic N) is 6. The van der Waals surface area contributed by atoms with Crippen LogP contribution >= 0.6 is 0 Å². The summed E-state index contributed by atoms with van der Waals surface area (Å²) in [5, 5.41) is 7.00. The predicted octanol–water partition coefficient (Wildman–Crippen LogP) is 5.12. The molecule has 0 saturated carbocycles. The zero-order valence-corrected chi connectivity index (χ0v) is 10.5. The second-order valence-corrected chi connectivity index (χ2v) is 4.09. The van der Waals surface area contributed by atoms with Gasteiger partial charge in [-0.2, -0.15) is 0 Å². The molecule has 0 aliphatic rings. The van der Waals surface area contributed by atoms with Crippen LogP contribution in [0.4, 0.5) is 0 Å². The second-order valence-electron chi connectivity index (χ2n) is 4.09. The molecule has 0 aliphatic carbocycles. The van der Waals surface area contributed by atoms with Gasteiger partial charge in [0, 0.05) is 22.9 Å². The Morgan fingerprint density at radius 3 is 1.12 bits per heavy atom. The maximum atomic E-state index is 8.08. The molecular formula is C11H22N6. The first-order valence-corrected chi connectivity index (χ1v) is 6.43. The van der Waals surface area contributed by atoms with Crippen molar-refractivity contribution in [1.82, 2.24) is 0 Å². The van der Waals surface area contributed by atoms with Crippen LogP contribution in [-0.2, 0) is 0 Å². The summed E-state index contributed by atoms with van der Waals surface area (Å²) in [4.78, 5) is 5.44. The van der Waals surface area contributed by atoms with Gasteiger partial charge in [-0.15, -0.1) is 0 Å². The third-order valence-electron chi connectivity index (χ3n) is 2.64. The first kappa shape index (κ1) is 15.6. The van der Waals surface area contributed by atoms with Crippen LogP contribution in [-0.4, -0.2) is 13.1 Å². The quantitative estimate of drug-likeness (QED) is 0.195. The fraction of sp³-hybridized carbons (Fsp3) is 1.00. The van der Waals surface area contributed by atoms with Crippen LogP contribution in [0.1, 0.15) is 57.8 Å². The Labute approximate surface area is 103 Å². The van der Waals surface area contributed by atoms with E-state index in [2.05, 4.69) is 20.1 Å². The van der Waals surface area contributed by atoms with Gasteiger partial charge in [-0.05, 0) is 23.9 Å². The minimum atomic E-state index is 0.635. The molecule has 0 aromatic carbocycles. The number of unbranched alkanes of at least 4 members (excludes halogenated alkanes) is 8. The highest BCUT2D eigenvalue weighted by Crippen LogP contribution is 2.09. The van der Waals surface area contributed by atoms with Gasteiger partial charge in [0.15, 0.2) is 0 Å². The number of hydrogen-bond donors (Lipinski definition) is 0. The van der Waals surface area contributed by atoms with Crippen LogP contribution in [0, 0.1) is 0 Å². The normalized spacial score (nSPS) is 9.41. The van der Waals surface area contributed by atoms with Gasteiger partial charge >= 0.3 is 0 Å². The minimum absolute atomic E-state index is 0.635. The largest absolute Gasteiger partial charge is 0.0940 e. The summed E-state index contributed by atoms with van der Waals surface area (Å²) in [6, 6.07) is 0. The first-order valence-electron chi connectivity index (χ1n) is 6.43. The molecule has 0 fully saturated rings. The Kier molecular flexibility index (Phi) is 13.4. The molecule has 17 heavy (non-hydrogen) atoms. The van der Waals surface area contributed by atoms with Crippen molar-refractivity contribution in [3.8, 4) is 0 Å². The van der Waals surface area contributed by atoms with Crippen LogP contribution in [0.5, 0.6) is 0 Å². The van der Waals surface area contributed by atoms with E-state index in [1.807, 2.05) is 0 Å². The molecule has 0 aliphatic heterocycles. The van der Waals surface area contributed by atoms with E-state index in [4.69, 9.17) is 11.1 Å². The van der Waals surface area contributed by atoms with Gasteiger partial charge in [0.05, 0.1) is 0 Å². The zero-order chi connectivity index (χ0) is 12.6. The minimum Gasteiger partial charge on any atom is -0.0940 e. The Hall–Kier alpha value is -1.38. The molecule has 0 rings (SSSR count). The van der Waals surface area contributed by atoms with Gasteiger partial charge in [0.25, 0.3) is 0 Å². The summed E-state index contributed by atoms with van der Waals surface area (Å²) in [6.07, 6.45) is 10.6. The lowest BCUT2D eigenvalue weighted by molar-refractivity contribution is 0.562. The smallest absolute Gasteiger partial charge is 0.0257 e. The topological polar surface area (TPSA) is 97.5 Å². The Morgan fingerprint density at radius 2 is 0.824 bits per heavy atom. The summed E-state index contributed by atoms with van der Waals surface area (Å²) in [5.41, 5.74) is 16.2. The third-order valence-corrected chi connectivity index (χ3v) is 2.64. The fourth-order valence-electron chi connectivity index (χ4n) is 1.69. The van der Waals surface area contributed by atoms with Gasteiger partial charge in [-0.1, -0.05) is 55.2 Å². The van der Waals surface area contributed by atoms with Crippen LogP contribution in [0.2, 0.25) is 0 Å². The summed E-state index contributed by atoms with van der Waals surface area (Å²) in [5.74, 6) is 0. The standard InChI is InChI=1S/C11H22N6/c12-16-14-10-8-6-4-2-1-3-5-7-9-11-15-17-13/h1-11H2. The van der Waals surface area contributed by atoms with Crippen molar-refractivity contribution in [1.29, 1.82) is 0 Å². The molecule has 0 saturated heterocycles. The van der Waals surface area contributed by atoms with Crippen molar-refractivity contribution in [2.24, 2.45) is 10.2 Å². The number of rotatable bonds is 12. The number of azide groups is 2. The molecule has 0 unspecified atom stereocenters. The average Bonchev–Trinajstić information content (AvgIpc) is 2.35. The van der Waals surface area contributed by atoms with E-state index in [0.29, 0.717) is 13.1 Å². The SMILES string of the molecule is [N-]=[N+]=NCCCCCCCCCCCN=[N+]=[N-]. The lowest BCUT2D eigenvalue weighted by Gasteiger charge is -2.00. The number of hydrogen-bond acceptors (Lipinski definition) is 2. The molecular weight excluding hydrogens is 216 g/mol. The molecule has 0 N–H and O–H groups in total. The lowest BCUT2D eigenvalue weighted by atomic mass is 10.1. The molecule has 0 radical (unpaired) electrons. The lowest BCUT2D eigenvalue weighted by Crippen LogP contribution is -1.84. The predicted molar refractivity (Wildman–Crippen MR) is 69.6 cm³/mol. The van der Waals surface area contributed by atoms with Crippen molar-refractivity contribution in [3.05, 3.63) is 20.9 Å². The molecule has 6 nitrogen and oxygen atoms in total. The van der Waals surface area contributed by atoms with Crippen LogP contribution in [0.3, 0.4) is 0 Å². The van der Waals surface area contributed by atoms with Crippen molar-refractivity contribution >= 4 is 0 Å². The summed E-state index contributed by atoms with van der Waals surface area (Å²) in [6.45, 7) is 1.27. The second kappa shape index (κ2) is 14.6. The molecule has 0 bridgehead atoms. The fourth-order valence-corrected chi connectivity index (χ4v) is 1.69. The monoisotopic (exact) mass is 238 g/mol. The van der Waals surface area contributed by atoms with E-state index < -0.39 is 0 Å². The third kappa shape index (κ3) is 14.6. The Morgan fingerprint density at radius 1 is 0.529 bits per heavy atom. The van der Waals surface area contributed by atoms with Crippen LogP contribution in [0.25, 0.3) is 20.9 Å². The summed E-state index contributed by atoms with van der Waals surface area (Å²) >= 11 is 0.